The number of anilines is 1. The van der Waals surface area contributed by atoms with Gasteiger partial charge in [-0.2, -0.15) is 0 Å². The molecule has 1 aliphatic carbocycles. The molecule has 2 fully saturated rings. The molecule has 1 saturated carbocycles. The van der Waals surface area contributed by atoms with Crippen LogP contribution < -0.4 is 20.3 Å². The van der Waals surface area contributed by atoms with Gasteiger partial charge in [-0.1, -0.05) is 34.6 Å². The zero-order valence-corrected chi connectivity index (χ0v) is 27.5. The van der Waals surface area contributed by atoms with Gasteiger partial charge < -0.3 is 20.3 Å². The van der Waals surface area contributed by atoms with Gasteiger partial charge in [0.05, 0.1) is 18.1 Å². The standard InChI is InChI=1S/C34H56N6O/c1-31(2,3)28-21-37-30(22-36-28)41-27-18-26(19-27)39-34(9,10)14-13-33(7,8)20-24-11-15-35-29(17-24)40-16-12-25(23-40)38-32(4,5)6/h11,15,17,21-22,25-27,38-39H,12-14,16,18-20,23H2,1-10H3/t25?,26-,27-. The van der Waals surface area contributed by atoms with E-state index in [2.05, 4.69) is 107 Å². The quantitative estimate of drug-likeness (QED) is 0.324. The molecule has 3 heterocycles. The molecular formula is C34H56N6O. The van der Waals surface area contributed by atoms with Crippen LogP contribution in [0.25, 0.3) is 0 Å². The first-order valence-electron chi connectivity index (χ1n) is 15.7. The van der Waals surface area contributed by atoms with Crippen LogP contribution in [0.15, 0.2) is 30.7 Å². The summed E-state index contributed by atoms with van der Waals surface area (Å²) in [5, 5.41) is 7.66. The Hall–Kier alpha value is -2.25. The van der Waals surface area contributed by atoms with Gasteiger partial charge in [0.15, 0.2) is 0 Å². The number of nitrogens with zero attached hydrogens (tertiary/aromatic N) is 4. The van der Waals surface area contributed by atoms with Crippen LogP contribution in [0.4, 0.5) is 5.82 Å². The molecule has 2 aromatic rings. The van der Waals surface area contributed by atoms with Crippen LogP contribution in [-0.2, 0) is 11.8 Å². The van der Waals surface area contributed by atoms with Gasteiger partial charge in [0.1, 0.15) is 11.9 Å². The van der Waals surface area contributed by atoms with Crippen molar-refractivity contribution in [2.75, 3.05) is 18.0 Å². The molecule has 7 heteroatoms. The Morgan fingerprint density at radius 3 is 2.24 bits per heavy atom. The van der Waals surface area contributed by atoms with Gasteiger partial charge in [-0.25, -0.2) is 9.97 Å². The summed E-state index contributed by atoms with van der Waals surface area (Å²) in [6.07, 6.45) is 12.4. The molecule has 0 radical (unpaired) electrons. The molecule has 228 valence electrons. The van der Waals surface area contributed by atoms with Gasteiger partial charge in [0, 0.05) is 47.9 Å². The molecular weight excluding hydrogens is 508 g/mol. The van der Waals surface area contributed by atoms with E-state index >= 15 is 0 Å². The lowest BCUT2D eigenvalue weighted by molar-refractivity contribution is 0.0640. The summed E-state index contributed by atoms with van der Waals surface area (Å²) in [7, 11) is 0. The van der Waals surface area contributed by atoms with Gasteiger partial charge in [-0.3, -0.25) is 4.98 Å². The van der Waals surface area contributed by atoms with Gasteiger partial charge in [-0.15, -0.1) is 0 Å². The van der Waals surface area contributed by atoms with E-state index in [1.165, 1.54) is 12.0 Å². The smallest absolute Gasteiger partial charge is 0.232 e. The van der Waals surface area contributed by atoms with Crippen LogP contribution in [0, 0.1) is 5.41 Å². The third-order valence-electron chi connectivity index (χ3n) is 8.44. The molecule has 41 heavy (non-hydrogen) atoms. The van der Waals surface area contributed by atoms with Crippen LogP contribution >= 0.6 is 0 Å². The predicted molar refractivity (Wildman–Crippen MR) is 170 cm³/mol. The largest absolute Gasteiger partial charge is 0.473 e. The second-order valence-corrected chi connectivity index (χ2v) is 16.1. The Labute approximate surface area is 249 Å². The fourth-order valence-corrected chi connectivity index (χ4v) is 6.07. The van der Waals surface area contributed by atoms with E-state index in [4.69, 9.17) is 9.72 Å². The van der Waals surface area contributed by atoms with Gasteiger partial charge >= 0.3 is 0 Å². The first-order valence-corrected chi connectivity index (χ1v) is 15.7. The zero-order valence-electron chi connectivity index (χ0n) is 27.5. The Morgan fingerprint density at radius 1 is 0.878 bits per heavy atom. The van der Waals surface area contributed by atoms with Crippen LogP contribution in [0.3, 0.4) is 0 Å². The number of hydrogen-bond donors (Lipinski definition) is 2. The molecule has 1 aliphatic heterocycles. The third kappa shape index (κ3) is 9.64. The molecule has 0 aromatic carbocycles. The number of rotatable bonds is 11. The first-order chi connectivity index (χ1) is 19.0. The molecule has 1 unspecified atom stereocenters. The fraction of sp³-hybridized carbons (Fsp3) is 0.735. The maximum absolute atomic E-state index is 6.09. The highest BCUT2D eigenvalue weighted by Crippen LogP contribution is 2.33. The van der Waals surface area contributed by atoms with E-state index in [0.29, 0.717) is 18.0 Å². The molecule has 2 aromatic heterocycles. The number of aromatic nitrogens is 3. The summed E-state index contributed by atoms with van der Waals surface area (Å²) >= 11 is 0. The highest BCUT2D eigenvalue weighted by atomic mass is 16.5. The Morgan fingerprint density at radius 2 is 1.61 bits per heavy atom. The molecule has 2 N–H and O–H groups in total. The third-order valence-corrected chi connectivity index (χ3v) is 8.44. The van der Waals surface area contributed by atoms with Gasteiger partial charge in [-0.05, 0) is 96.3 Å². The summed E-state index contributed by atoms with van der Waals surface area (Å²) in [6, 6.07) is 5.53. The van der Waals surface area contributed by atoms with Crippen LogP contribution in [0.1, 0.15) is 113 Å². The fourth-order valence-electron chi connectivity index (χ4n) is 6.07. The molecule has 1 atom stereocenters. The average molecular weight is 565 g/mol. The summed E-state index contributed by atoms with van der Waals surface area (Å²) in [5.41, 5.74) is 2.80. The molecule has 0 amide bonds. The van der Waals surface area contributed by atoms with Crippen molar-refractivity contribution >= 4 is 5.82 Å². The molecule has 7 nitrogen and oxygen atoms in total. The highest BCUT2D eigenvalue weighted by Gasteiger charge is 2.35. The minimum absolute atomic E-state index is 0.000152. The summed E-state index contributed by atoms with van der Waals surface area (Å²) in [5.74, 6) is 1.75. The van der Waals surface area contributed by atoms with Crippen LogP contribution in [0.2, 0.25) is 0 Å². The summed E-state index contributed by atoms with van der Waals surface area (Å²) < 4.78 is 6.09. The normalized spacial score (nSPS) is 22.1. The Kier molecular flexibility index (Phi) is 9.40. The molecule has 4 rings (SSSR count). The number of pyridine rings is 1. The van der Waals surface area contributed by atoms with Crippen molar-refractivity contribution in [2.45, 2.75) is 142 Å². The molecule has 0 bridgehead atoms. The van der Waals surface area contributed by atoms with E-state index in [9.17, 15) is 0 Å². The Bertz CT molecular complexity index is 1130. The SMILES string of the molecule is CC(C)(CCC(C)(C)N[C@H]1C[C@H](Oc2cnc(C(C)(C)C)cn2)C1)Cc1ccnc(N2CCC(NC(C)(C)C)C2)c1. The van der Waals surface area contributed by atoms with E-state index in [-0.39, 0.29) is 28.0 Å². The number of hydrogen-bond acceptors (Lipinski definition) is 7. The van der Waals surface area contributed by atoms with Crippen molar-refractivity contribution in [3.8, 4) is 5.88 Å². The van der Waals surface area contributed by atoms with Crippen molar-refractivity contribution in [1.29, 1.82) is 0 Å². The van der Waals surface area contributed by atoms with Crippen LogP contribution in [0.5, 0.6) is 5.88 Å². The minimum Gasteiger partial charge on any atom is -0.473 e. The molecule has 1 saturated heterocycles. The van der Waals surface area contributed by atoms with E-state index in [1.54, 1.807) is 6.20 Å². The van der Waals surface area contributed by atoms with Gasteiger partial charge in [0.25, 0.3) is 0 Å². The second kappa shape index (κ2) is 12.2. The number of nitrogens with one attached hydrogen (secondary N) is 2. The zero-order chi connectivity index (χ0) is 30.1. The average Bonchev–Trinajstić information content (AvgIpc) is 3.28. The van der Waals surface area contributed by atoms with E-state index in [1.807, 2.05) is 12.4 Å². The lowest BCUT2D eigenvalue weighted by Gasteiger charge is -2.42. The number of ether oxygens (including phenoxy) is 1. The molecule has 0 spiro atoms. The highest BCUT2D eigenvalue weighted by molar-refractivity contribution is 5.42. The summed E-state index contributed by atoms with van der Waals surface area (Å²) in [6.45, 7) is 24.8. The van der Waals surface area contributed by atoms with E-state index in [0.717, 1.165) is 56.7 Å². The van der Waals surface area contributed by atoms with Gasteiger partial charge in [0.2, 0.25) is 5.88 Å². The lowest BCUT2D eigenvalue weighted by atomic mass is 9.78. The Balaban J connectivity index is 1.21. The maximum atomic E-state index is 6.09. The lowest BCUT2D eigenvalue weighted by Crippen LogP contribution is -2.54. The van der Waals surface area contributed by atoms with Crippen LogP contribution in [-0.4, -0.2) is 57.3 Å². The van der Waals surface area contributed by atoms with Crippen molar-refractivity contribution in [3.63, 3.8) is 0 Å². The van der Waals surface area contributed by atoms with E-state index < -0.39 is 0 Å². The van der Waals surface area contributed by atoms with Crippen molar-refractivity contribution in [3.05, 3.63) is 42.0 Å². The van der Waals surface area contributed by atoms with Crippen molar-refractivity contribution in [2.24, 2.45) is 5.41 Å². The predicted octanol–water partition coefficient (Wildman–Crippen LogP) is 6.46. The second-order valence-electron chi connectivity index (χ2n) is 16.1. The van der Waals surface area contributed by atoms with Crippen molar-refractivity contribution in [1.82, 2.24) is 25.6 Å². The monoisotopic (exact) mass is 564 g/mol. The maximum Gasteiger partial charge on any atom is 0.232 e. The first kappa shape index (κ1) is 31.7. The topological polar surface area (TPSA) is 75.2 Å². The summed E-state index contributed by atoms with van der Waals surface area (Å²) in [4.78, 5) is 16.2. The molecule has 2 aliphatic rings. The minimum atomic E-state index is -0.000152. The van der Waals surface area contributed by atoms with Crippen molar-refractivity contribution < 1.29 is 4.74 Å².